The number of phenolic OH excluding ortho intramolecular Hbond substituents is 1. The van der Waals surface area contributed by atoms with Gasteiger partial charge in [0.25, 0.3) is 5.91 Å². The van der Waals surface area contributed by atoms with Crippen LogP contribution in [0.3, 0.4) is 0 Å². The van der Waals surface area contributed by atoms with Crippen LogP contribution in [0, 0.1) is 10.5 Å². The van der Waals surface area contributed by atoms with Crippen LogP contribution in [0.25, 0.3) is 0 Å². The molecular weight excluding hydrogens is 355 g/mol. The zero-order valence-electron chi connectivity index (χ0n) is 10.3. The van der Waals surface area contributed by atoms with E-state index in [0.717, 1.165) is 9.13 Å². The smallest absolute Gasteiger partial charge is 0.259 e. The van der Waals surface area contributed by atoms with Crippen molar-refractivity contribution in [3.8, 4) is 5.75 Å². The minimum absolute atomic E-state index is 0.0522. The summed E-state index contributed by atoms with van der Waals surface area (Å²) in [6, 6.07) is 10.2. The number of phenols is 1. The van der Waals surface area contributed by atoms with Crippen molar-refractivity contribution in [2.45, 2.75) is 6.92 Å². The summed E-state index contributed by atoms with van der Waals surface area (Å²) in [5.74, 6) is -0.435. The average Bonchev–Trinajstić information content (AvgIpc) is 2.35. The van der Waals surface area contributed by atoms with E-state index in [1.807, 2.05) is 13.0 Å². The van der Waals surface area contributed by atoms with Crippen molar-refractivity contribution in [2.75, 3.05) is 11.1 Å². The van der Waals surface area contributed by atoms with Crippen LogP contribution >= 0.6 is 22.6 Å². The Kier molecular flexibility index (Phi) is 3.94. The molecule has 98 valence electrons. The van der Waals surface area contributed by atoms with Gasteiger partial charge in [-0.05, 0) is 65.4 Å². The number of nitrogens with one attached hydrogen (secondary N) is 1. The Morgan fingerprint density at radius 1 is 1.26 bits per heavy atom. The highest BCUT2D eigenvalue weighted by Gasteiger charge is 2.13. The molecule has 4 N–H and O–H groups in total. The molecule has 0 aliphatic carbocycles. The lowest BCUT2D eigenvalue weighted by molar-refractivity contribution is 0.102. The molecule has 19 heavy (non-hydrogen) atoms. The van der Waals surface area contributed by atoms with Crippen LogP contribution in [0.4, 0.5) is 11.4 Å². The van der Waals surface area contributed by atoms with Gasteiger partial charge in [-0.1, -0.05) is 6.07 Å². The molecule has 0 fully saturated rings. The summed E-state index contributed by atoms with van der Waals surface area (Å²) in [7, 11) is 0. The van der Waals surface area contributed by atoms with Crippen LogP contribution in [0.15, 0.2) is 36.4 Å². The van der Waals surface area contributed by atoms with E-state index >= 15 is 0 Å². The molecule has 0 saturated carbocycles. The fourth-order valence-electron chi connectivity index (χ4n) is 1.68. The fraction of sp³-hybridized carbons (Fsp3) is 0.0714. The molecule has 5 heteroatoms. The second-order valence-corrected chi connectivity index (χ2v) is 5.45. The summed E-state index contributed by atoms with van der Waals surface area (Å²) in [6.07, 6.45) is 0. The van der Waals surface area contributed by atoms with Gasteiger partial charge in [0.05, 0.1) is 16.9 Å². The lowest BCUT2D eigenvalue weighted by Gasteiger charge is -2.10. The van der Waals surface area contributed by atoms with Crippen molar-refractivity contribution in [3.63, 3.8) is 0 Å². The molecule has 0 saturated heterocycles. The van der Waals surface area contributed by atoms with E-state index in [1.165, 1.54) is 6.07 Å². The Bertz CT molecular complexity index is 641. The van der Waals surface area contributed by atoms with Gasteiger partial charge in [-0.15, -0.1) is 0 Å². The Morgan fingerprint density at radius 2 is 2.00 bits per heavy atom. The third-order valence-corrected chi connectivity index (χ3v) is 3.33. The number of halogens is 1. The number of hydrogen-bond donors (Lipinski definition) is 3. The van der Waals surface area contributed by atoms with Gasteiger partial charge in [0.1, 0.15) is 5.75 Å². The van der Waals surface area contributed by atoms with Crippen LogP contribution in [-0.4, -0.2) is 11.0 Å². The van der Waals surface area contributed by atoms with Crippen molar-refractivity contribution in [3.05, 3.63) is 51.1 Å². The normalized spacial score (nSPS) is 10.2. The van der Waals surface area contributed by atoms with E-state index in [2.05, 4.69) is 27.9 Å². The molecule has 2 aromatic rings. The maximum atomic E-state index is 12.1. The lowest BCUT2D eigenvalue weighted by Crippen LogP contribution is -2.13. The maximum Gasteiger partial charge on any atom is 0.259 e. The topological polar surface area (TPSA) is 75.3 Å². The van der Waals surface area contributed by atoms with E-state index in [0.29, 0.717) is 11.4 Å². The molecule has 2 rings (SSSR count). The summed E-state index contributed by atoms with van der Waals surface area (Å²) in [4.78, 5) is 12.1. The number of rotatable bonds is 2. The van der Waals surface area contributed by atoms with Gasteiger partial charge in [0.15, 0.2) is 0 Å². The van der Waals surface area contributed by atoms with E-state index in [4.69, 9.17) is 5.73 Å². The molecule has 0 bridgehead atoms. The summed E-state index contributed by atoms with van der Waals surface area (Å²) in [5.41, 5.74) is 8.12. The standard InChI is InChI=1S/C14H13IN2O2/c1-8-2-4-12(11(16)6-8)17-14(19)10-7-9(15)3-5-13(10)18/h2-7,18H,16H2,1H3,(H,17,19). The van der Waals surface area contributed by atoms with Crippen molar-refractivity contribution < 1.29 is 9.90 Å². The number of aromatic hydroxyl groups is 1. The first-order chi connectivity index (χ1) is 8.97. The summed E-state index contributed by atoms with van der Waals surface area (Å²) in [6.45, 7) is 1.92. The fourth-order valence-corrected chi connectivity index (χ4v) is 2.17. The first-order valence-electron chi connectivity index (χ1n) is 5.63. The Morgan fingerprint density at radius 3 is 2.68 bits per heavy atom. The number of benzene rings is 2. The van der Waals surface area contributed by atoms with Gasteiger partial charge in [0.2, 0.25) is 0 Å². The first-order valence-corrected chi connectivity index (χ1v) is 6.71. The minimum atomic E-state index is -0.383. The van der Waals surface area contributed by atoms with Crippen molar-refractivity contribution in [1.82, 2.24) is 0 Å². The summed E-state index contributed by atoms with van der Waals surface area (Å²) in [5, 5.41) is 12.4. The van der Waals surface area contributed by atoms with Crippen LogP contribution in [-0.2, 0) is 0 Å². The molecule has 0 radical (unpaired) electrons. The number of amides is 1. The minimum Gasteiger partial charge on any atom is -0.507 e. The SMILES string of the molecule is Cc1ccc(NC(=O)c2cc(I)ccc2O)c(N)c1. The number of nitrogen functional groups attached to an aromatic ring is 1. The molecule has 0 aromatic heterocycles. The Hall–Kier alpha value is -1.76. The van der Waals surface area contributed by atoms with Crippen LogP contribution in [0.2, 0.25) is 0 Å². The van der Waals surface area contributed by atoms with Gasteiger partial charge in [-0.3, -0.25) is 4.79 Å². The molecule has 0 aliphatic rings. The zero-order valence-corrected chi connectivity index (χ0v) is 12.4. The predicted molar refractivity (Wildman–Crippen MR) is 84.4 cm³/mol. The van der Waals surface area contributed by atoms with Crippen LogP contribution < -0.4 is 11.1 Å². The predicted octanol–water partition coefficient (Wildman–Crippen LogP) is 3.14. The van der Waals surface area contributed by atoms with Crippen LogP contribution in [0.5, 0.6) is 5.75 Å². The van der Waals surface area contributed by atoms with Gasteiger partial charge in [-0.2, -0.15) is 0 Å². The highest BCUT2D eigenvalue weighted by Crippen LogP contribution is 2.24. The van der Waals surface area contributed by atoms with Crippen molar-refractivity contribution >= 4 is 39.9 Å². The molecule has 0 heterocycles. The molecular formula is C14H13IN2O2. The molecule has 1 amide bonds. The number of carbonyl (C=O) groups is 1. The van der Waals surface area contributed by atoms with Crippen molar-refractivity contribution in [2.24, 2.45) is 0 Å². The second-order valence-electron chi connectivity index (χ2n) is 4.21. The summed E-state index contributed by atoms with van der Waals surface area (Å²) >= 11 is 2.08. The molecule has 4 nitrogen and oxygen atoms in total. The van der Waals surface area contributed by atoms with Gasteiger partial charge in [0, 0.05) is 3.57 Å². The molecule has 0 atom stereocenters. The quantitative estimate of drug-likeness (QED) is 0.563. The molecule has 0 spiro atoms. The zero-order chi connectivity index (χ0) is 14.0. The largest absolute Gasteiger partial charge is 0.507 e. The summed E-state index contributed by atoms with van der Waals surface area (Å²) < 4.78 is 0.873. The molecule has 0 aliphatic heterocycles. The monoisotopic (exact) mass is 368 g/mol. The van der Waals surface area contributed by atoms with E-state index in [-0.39, 0.29) is 17.2 Å². The highest BCUT2D eigenvalue weighted by molar-refractivity contribution is 14.1. The molecule has 0 unspecified atom stereocenters. The Labute approximate surface area is 124 Å². The number of anilines is 2. The van der Waals surface area contributed by atoms with Gasteiger partial charge < -0.3 is 16.2 Å². The van der Waals surface area contributed by atoms with Gasteiger partial charge >= 0.3 is 0 Å². The average molecular weight is 368 g/mol. The highest BCUT2D eigenvalue weighted by atomic mass is 127. The lowest BCUT2D eigenvalue weighted by atomic mass is 10.1. The number of hydrogen-bond acceptors (Lipinski definition) is 3. The van der Waals surface area contributed by atoms with Crippen LogP contribution in [0.1, 0.15) is 15.9 Å². The van der Waals surface area contributed by atoms with Gasteiger partial charge in [-0.25, -0.2) is 0 Å². The number of carbonyl (C=O) groups excluding carboxylic acids is 1. The van der Waals surface area contributed by atoms with E-state index in [1.54, 1.807) is 24.3 Å². The number of aryl methyl sites for hydroxylation is 1. The third kappa shape index (κ3) is 3.17. The van der Waals surface area contributed by atoms with Crippen molar-refractivity contribution in [1.29, 1.82) is 0 Å². The Balaban J connectivity index is 2.28. The van der Waals surface area contributed by atoms with E-state index in [9.17, 15) is 9.90 Å². The van der Waals surface area contributed by atoms with E-state index < -0.39 is 0 Å². The number of nitrogens with two attached hydrogens (primary N) is 1. The molecule has 2 aromatic carbocycles. The second kappa shape index (κ2) is 5.48. The first kappa shape index (κ1) is 13.7. The third-order valence-electron chi connectivity index (χ3n) is 2.66. The maximum absolute atomic E-state index is 12.1.